The number of imidazole rings is 1. The molecule has 1 aromatic heterocycles. The van der Waals surface area contributed by atoms with Crippen molar-refractivity contribution >= 4 is 16.9 Å². The van der Waals surface area contributed by atoms with Crippen LogP contribution >= 0.6 is 0 Å². The van der Waals surface area contributed by atoms with Crippen LogP contribution in [-0.4, -0.2) is 39.4 Å². The quantitative estimate of drug-likeness (QED) is 0.876. The van der Waals surface area contributed by atoms with E-state index in [-0.39, 0.29) is 18.0 Å². The van der Waals surface area contributed by atoms with Gasteiger partial charge in [-0.2, -0.15) is 0 Å². The van der Waals surface area contributed by atoms with E-state index in [1.807, 2.05) is 30.0 Å². The number of aromatic amines is 1. The molecule has 0 bridgehead atoms. The first-order valence-corrected chi connectivity index (χ1v) is 7.16. The van der Waals surface area contributed by atoms with Gasteiger partial charge in [0.15, 0.2) is 0 Å². The van der Waals surface area contributed by atoms with E-state index in [4.69, 9.17) is 5.73 Å². The number of fused-ring (bicyclic) bond motifs is 1. The molecule has 0 spiro atoms. The summed E-state index contributed by atoms with van der Waals surface area (Å²) in [5.41, 5.74) is 8.51. The topological polar surface area (TPSA) is 75.0 Å². The molecular formula is C15H20N4O. The minimum atomic E-state index is 0.00938. The van der Waals surface area contributed by atoms with E-state index in [0.717, 1.165) is 36.8 Å². The van der Waals surface area contributed by atoms with Crippen molar-refractivity contribution in [2.45, 2.75) is 38.3 Å². The van der Waals surface area contributed by atoms with Crippen LogP contribution in [0.15, 0.2) is 24.5 Å². The van der Waals surface area contributed by atoms with Gasteiger partial charge < -0.3 is 15.6 Å². The molecule has 1 fully saturated rings. The van der Waals surface area contributed by atoms with E-state index in [0.29, 0.717) is 5.56 Å². The van der Waals surface area contributed by atoms with Gasteiger partial charge in [-0.15, -0.1) is 0 Å². The normalized spacial score (nSPS) is 21.1. The van der Waals surface area contributed by atoms with Crippen LogP contribution in [0.1, 0.15) is 36.5 Å². The Morgan fingerprint density at radius 2 is 2.35 bits per heavy atom. The SMILES string of the molecule is CC(N)C1CCCCN1C(=O)c1ccc2nc[nH]c2c1. The Labute approximate surface area is 118 Å². The maximum Gasteiger partial charge on any atom is 0.254 e. The third-order valence-electron chi connectivity index (χ3n) is 4.08. The van der Waals surface area contributed by atoms with Gasteiger partial charge >= 0.3 is 0 Å². The van der Waals surface area contributed by atoms with Gasteiger partial charge in [0.25, 0.3) is 5.91 Å². The van der Waals surface area contributed by atoms with Gasteiger partial charge in [-0.25, -0.2) is 4.98 Å². The van der Waals surface area contributed by atoms with Crippen molar-refractivity contribution in [1.82, 2.24) is 14.9 Å². The summed E-state index contributed by atoms with van der Waals surface area (Å²) in [6.07, 6.45) is 4.84. The lowest BCUT2D eigenvalue weighted by atomic mass is 9.96. The number of benzene rings is 1. The van der Waals surface area contributed by atoms with Crippen LogP contribution in [0.25, 0.3) is 11.0 Å². The second kappa shape index (κ2) is 5.25. The van der Waals surface area contributed by atoms with Crippen molar-refractivity contribution in [1.29, 1.82) is 0 Å². The number of carbonyl (C=O) groups is 1. The number of hydrogen-bond donors (Lipinski definition) is 2. The number of nitrogens with two attached hydrogens (primary N) is 1. The molecule has 5 heteroatoms. The number of amides is 1. The fourth-order valence-electron chi connectivity index (χ4n) is 2.99. The average Bonchev–Trinajstić information content (AvgIpc) is 2.93. The lowest BCUT2D eigenvalue weighted by Crippen LogP contribution is -2.51. The van der Waals surface area contributed by atoms with Gasteiger partial charge in [0.05, 0.1) is 17.4 Å². The lowest BCUT2D eigenvalue weighted by Gasteiger charge is -2.38. The van der Waals surface area contributed by atoms with Crippen molar-refractivity contribution in [3.63, 3.8) is 0 Å². The van der Waals surface area contributed by atoms with Gasteiger partial charge in [0.1, 0.15) is 0 Å². The second-order valence-corrected chi connectivity index (χ2v) is 5.56. The largest absolute Gasteiger partial charge is 0.345 e. The highest BCUT2D eigenvalue weighted by atomic mass is 16.2. The van der Waals surface area contributed by atoms with Crippen molar-refractivity contribution < 1.29 is 4.79 Å². The Morgan fingerprint density at radius 1 is 1.50 bits per heavy atom. The molecule has 1 aromatic carbocycles. The Bertz CT molecular complexity index is 619. The van der Waals surface area contributed by atoms with Crippen molar-refractivity contribution in [2.75, 3.05) is 6.54 Å². The molecule has 2 heterocycles. The minimum absolute atomic E-state index is 0.00938. The predicted molar refractivity (Wildman–Crippen MR) is 78.4 cm³/mol. The smallest absolute Gasteiger partial charge is 0.254 e. The summed E-state index contributed by atoms with van der Waals surface area (Å²) < 4.78 is 0. The minimum Gasteiger partial charge on any atom is -0.345 e. The lowest BCUT2D eigenvalue weighted by molar-refractivity contribution is 0.0584. The standard InChI is InChI=1S/C15H20N4O/c1-10(16)14-4-2-3-7-19(14)15(20)11-5-6-12-13(8-11)18-9-17-12/h5-6,8-10,14H,2-4,7,16H2,1H3,(H,17,18). The predicted octanol–water partition coefficient (Wildman–Crippen LogP) is 1.90. The molecule has 1 aliphatic rings. The Hall–Kier alpha value is -1.88. The van der Waals surface area contributed by atoms with Gasteiger partial charge in [0, 0.05) is 24.2 Å². The van der Waals surface area contributed by atoms with Crippen LogP contribution < -0.4 is 5.73 Å². The third-order valence-corrected chi connectivity index (χ3v) is 4.08. The molecule has 1 aliphatic heterocycles. The summed E-state index contributed by atoms with van der Waals surface area (Å²) in [5, 5.41) is 0. The number of piperidine rings is 1. The van der Waals surface area contributed by atoms with Crippen LogP contribution in [0.3, 0.4) is 0 Å². The van der Waals surface area contributed by atoms with Crippen molar-refractivity contribution in [2.24, 2.45) is 5.73 Å². The fourth-order valence-corrected chi connectivity index (χ4v) is 2.99. The van der Waals surface area contributed by atoms with Gasteiger partial charge in [-0.3, -0.25) is 4.79 Å². The molecule has 2 unspecified atom stereocenters. The van der Waals surface area contributed by atoms with Crippen LogP contribution in [0.5, 0.6) is 0 Å². The Kier molecular flexibility index (Phi) is 3.44. The maximum atomic E-state index is 12.7. The van der Waals surface area contributed by atoms with Gasteiger partial charge in [-0.1, -0.05) is 0 Å². The Balaban J connectivity index is 1.89. The van der Waals surface area contributed by atoms with Crippen LogP contribution in [0.2, 0.25) is 0 Å². The molecule has 1 amide bonds. The summed E-state index contributed by atoms with van der Waals surface area (Å²) in [6.45, 7) is 2.78. The molecule has 0 saturated carbocycles. The summed E-state index contributed by atoms with van der Waals surface area (Å²) in [7, 11) is 0. The van der Waals surface area contributed by atoms with E-state index in [9.17, 15) is 4.79 Å². The molecular weight excluding hydrogens is 252 g/mol. The molecule has 2 atom stereocenters. The third kappa shape index (κ3) is 2.29. The van der Waals surface area contributed by atoms with Gasteiger partial charge in [-0.05, 0) is 44.4 Å². The van der Waals surface area contributed by atoms with Crippen LogP contribution in [0.4, 0.5) is 0 Å². The zero-order valence-corrected chi connectivity index (χ0v) is 11.7. The number of rotatable bonds is 2. The first kappa shape index (κ1) is 13.1. The molecule has 5 nitrogen and oxygen atoms in total. The highest BCUT2D eigenvalue weighted by molar-refractivity contribution is 5.97. The van der Waals surface area contributed by atoms with E-state index in [1.165, 1.54) is 0 Å². The van der Waals surface area contributed by atoms with E-state index >= 15 is 0 Å². The molecule has 20 heavy (non-hydrogen) atoms. The van der Waals surface area contributed by atoms with Crippen molar-refractivity contribution in [3.8, 4) is 0 Å². The van der Waals surface area contributed by atoms with Gasteiger partial charge in [0.2, 0.25) is 0 Å². The highest BCUT2D eigenvalue weighted by Crippen LogP contribution is 2.22. The fraction of sp³-hybridized carbons (Fsp3) is 0.467. The zero-order valence-electron chi connectivity index (χ0n) is 11.7. The number of H-pyrrole nitrogens is 1. The first-order chi connectivity index (χ1) is 9.66. The average molecular weight is 272 g/mol. The second-order valence-electron chi connectivity index (χ2n) is 5.56. The maximum absolute atomic E-state index is 12.7. The molecule has 3 rings (SSSR count). The van der Waals surface area contributed by atoms with E-state index in [1.54, 1.807) is 6.33 Å². The first-order valence-electron chi connectivity index (χ1n) is 7.16. The molecule has 0 aliphatic carbocycles. The number of nitrogens with zero attached hydrogens (tertiary/aromatic N) is 2. The number of nitrogens with one attached hydrogen (secondary N) is 1. The summed E-state index contributed by atoms with van der Waals surface area (Å²) in [5.74, 6) is 0.0727. The van der Waals surface area contributed by atoms with Crippen molar-refractivity contribution in [3.05, 3.63) is 30.1 Å². The number of aromatic nitrogens is 2. The number of likely N-dealkylation sites (tertiary alicyclic amines) is 1. The molecule has 2 aromatic rings. The summed E-state index contributed by atoms with van der Waals surface area (Å²) in [4.78, 5) is 21.9. The zero-order chi connectivity index (χ0) is 14.1. The summed E-state index contributed by atoms with van der Waals surface area (Å²) >= 11 is 0. The van der Waals surface area contributed by atoms with E-state index < -0.39 is 0 Å². The molecule has 106 valence electrons. The summed E-state index contributed by atoms with van der Waals surface area (Å²) in [6, 6.07) is 5.75. The Morgan fingerprint density at radius 3 is 3.15 bits per heavy atom. The van der Waals surface area contributed by atoms with Crippen LogP contribution in [0, 0.1) is 0 Å². The van der Waals surface area contributed by atoms with E-state index in [2.05, 4.69) is 9.97 Å². The number of hydrogen-bond acceptors (Lipinski definition) is 3. The molecule has 0 radical (unpaired) electrons. The number of carbonyl (C=O) groups excluding carboxylic acids is 1. The molecule has 3 N–H and O–H groups in total. The highest BCUT2D eigenvalue weighted by Gasteiger charge is 2.29. The monoisotopic (exact) mass is 272 g/mol. The van der Waals surface area contributed by atoms with Crippen LogP contribution in [-0.2, 0) is 0 Å². The molecule has 1 saturated heterocycles.